The fourth-order valence-electron chi connectivity index (χ4n) is 0.806. The van der Waals surface area contributed by atoms with Gasteiger partial charge in [-0.3, -0.25) is 0 Å². The molecule has 1 atom stereocenters. The third-order valence-electron chi connectivity index (χ3n) is 1.92. The second-order valence-corrected chi connectivity index (χ2v) is 3.08. The monoisotopic (exact) mass is 166 g/mol. The van der Waals surface area contributed by atoms with Crippen LogP contribution in [0.5, 0.6) is 0 Å². The number of hydrogen-bond acceptors (Lipinski definition) is 4. The molecular weight excluding hydrogens is 152 g/mol. The maximum atomic E-state index is 5.93. The van der Waals surface area contributed by atoms with Gasteiger partial charge < -0.3 is 11.5 Å². The van der Waals surface area contributed by atoms with Gasteiger partial charge in [0.25, 0.3) is 0 Å². The van der Waals surface area contributed by atoms with E-state index in [1.807, 2.05) is 13.8 Å². The molecule has 1 aromatic rings. The Kier molecular flexibility index (Phi) is 2.28. The van der Waals surface area contributed by atoms with Crippen molar-refractivity contribution in [3.63, 3.8) is 0 Å². The minimum atomic E-state index is -0.477. The van der Waals surface area contributed by atoms with Crippen molar-refractivity contribution in [2.24, 2.45) is 5.73 Å². The molecule has 4 nitrogen and oxygen atoms in total. The van der Waals surface area contributed by atoms with Crippen molar-refractivity contribution in [2.75, 3.05) is 5.73 Å². The van der Waals surface area contributed by atoms with Crippen molar-refractivity contribution in [3.05, 3.63) is 18.1 Å². The number of rotatable bonds is 2. The molecule has 0 amide bonds. The zero-order chi connectivity index (χ0) is 9.19. The van der Waals surface area contributed by atoms with Gasteiger partial charge in [-0.25, -0.2) is 9.97 Å². The maximum absolute atomic E-state index is 5.93. The van der Waals surface area contributed by atoms with Crippen LogP contribution in [0.15, 0.2) is 12.3 Å². The zero-order valence-corrected chi connectivity index (χ0v) is 7.41. The molecule has 0 saturated carbocycles. The Hall–Kier alpha value is -1.16. The SMILES string of the molecule is CCC(C)(N)c1nccc(N)n1. The predicted octanol–water partition coefficient (Wildman–Crippen LogP) is 0.643. The van der Waals surface area contributed by atoms with Gasteiger partial charge in [0.2, 0.25) is 0 Å². The zero-order valence-electron chi connectivity index (χ0n) is 7.41. The van der Waals surface area contributed by atoms with Gasteiger partial charge in [-0.05, 0) is 19.4 Å². The van der Waals surface area contributed by atoms with E-state index in [4.69, 9.17) is 11.5 Å². The molecule has 0 aliphatic carbocycles. The first-order valence-electron chi connectivity index (χ1n) is 3.94. The van der Waals surface area contributed by atoms with Crippen LogP contribution in [0.2, 0.25) is 0 Å². The van der Waals surface area contributed by atoms with E-state index in [0.29, 0.717) is 11.6 Å². The van der Waals surface area contributed by atoms with Gasteiger partial charge in [0.05, 0.1) is 5.54 Å². The fraction of sp³-hybridized carbons (Fsp3) is 0.500. The summed E-state index contributed by atoms with van der Waals surface area (Å²) < 4.78 is 0. The highest BCUT2D eigenvalue weighted by Crippen LogP contribution is 2.16. The molecule has 1 aromatic heterocycles. The lowest BCUT2D eigenvalue weighted by Gasteiger charge is -2.20. The maximum Gasteiger partial charge on any atom is 0.150 e. The van der Waals surface area contributed by atoms with Crippen molar-refractivity contribution in [1.82, 2.24) is 9.97 Å². The second kappa shape index (κ2) is 3.06. The average molecular weight is 166 g/mol. The first-order chi connectivity index (χ1) is 5.56. The molecular formula is C8H14N4. The van der Waals surface area contributed by atoms with Gasteiger partial charge in [-0.1, -0.05) is 6.92 Å². The van der Waals surface area contributed by atoms with Gasteiger partial charge in [-0.2, -0.15) is 0 Å². The van der Waals surface area contributed by atoms with E-state index in [9.17, 15) is 0 Å². The quantitative estimate of drug-likeness (QED) is 0.676. The molecule has 66 valence electrons. The summed E-state index contributed by atoms with van der Waals surface area (Å²) in [6.07, 6.45) is 2.41. The van der Waals surface area contributed by atoms with Gasteiger partial charge >= 0.3 is 0 Å². The summed E-state index contributed by atoms with van der Waals surface area (Å²) in [6.45, 7) is 3.88. The molecule has 0 spiro atoms. The molecule has 0 aliphatic rings. The lowest BCUT2D eigenvalue weighted by Crippen LogP contribution is -2.34. The lowest BCUT2D eigenvalue weighted by atomic mass is 10.00. The van der Waals surface area contributed by atoms with E-state index < -0.39 is 5.54 Å². The first-order valence-corrected chi connectivity index (χ1v) is 3.94. The summed E-state index contributed by atoms with van der Waals surface area (Å²) in [7, 11) is 0. The minimum absolute atomic E-state index is 0.463. The van der Waals surface area contributed by atoms with Crippen LogP contribution >= 0.6 is 0 Å². The van der Waals surface area contributed by atoms with E-state index >= 15 is 0 Å². The number of hydrogen-bond donors (Lipinski definition) is 2. The van der Waals surface area contributed by atoms with E-state index in [-0.39, 0.29) is 0 Å². The molecule has 1 rings (SSSR count). The fourth-order valence-corrected chi connectivity index (χ4v) is 0.806. The average Bonchev–Trinajstić information content (AvgIpc) is 2.05. The molecule has 0 radical (unpaired) electrons. The summed E-state index contributed by atoms with van der Waals surface area (Å²) in [5.74, 6) is 1.06. The number of aromatic nitrogens is 2. The Morgan fingerprint density at radius 3 is 2.75 bits per heavy atom. The molecule has 4 N–H and O–H groups in total. The topological polar surface area (TPSA) is 77.8 Å². The van der Waals surface area contributed by atoms with Gasteiger partial charge in [0, 0.05) is 6.20 Å². The molecule has 0 fully saturated rings. The van der Waals surface area contributed by atoms with E-state index in [1.54, 1.807) is 12.3 Å². The number of nitrogens with two attached hydrogens (primary N) is 2. The summed E-state index contributed by atoms with van der Waals surface area (Å²) in [6, 6.07) is 1.65. The first kappa shape index (κ1) is 8.93. The standard InChI is InChI=1S/C8H14N4/c1-3-8(2,10)7-11-5-4-6(9)12-7/h4-5H,3,10H2,1-2H3,(H2,9,11,12). The van der Waals surface area contributed by atoms with Crippen LogP contribution in [0.1, 0.15) is 26.1 Å². The normalized spacial score (nSPS) is 15.6. The molecule has 1 unspecified atom stereocenters. The Bertz CT molecular complexity index is 270. The summed E-state index contributed by atoms with van der Waals surface area (Å²) in [4.78, 5) is 8.12. The minimum Gasteiger partial charge on any atom is -0.384 e. The number of nitrogen functional groups attached to an aromatic ring is 1. The van der Waals surface area contributed by atoms with Crippen LogP contribution in [0, 0.1) is 0 Å². The molecule has 0 aliphatic heterocycles. The third kappa shape index (κ3) is 1.71. The van der Waals surface area contributed by atoms with Gasteiger partial charge in [0.1, 0.15) is 11.6 Å². The van der Waals surface area contributed by atoms with Gasteiger partial charge in [-0.15, -0.1) is 0 Å². The second-order valence-electron chi connectivity index (χ2n) is 3.08. The Balaban J connectivity index is 3.03. The van der Waals surface area contributed by atoms with Crippen LogP contribution < -0.4 is 11.5 Å². The molecule has 0 saturated heterocycles. The van der Waals surface area contributed by atoms with Crippen LogP contribution in [0.3, 0.4) is 0 Å². The highest BCUT2D eigenvalue weighted by atomic mass is 15.0. The van der Waals surface area contributed by atoms with Crippen molar-refractivity contribution >= 4 is 5.82 Å². The highest BCUT2D eigenvalue weighted by Gasteiger charge is 2.21. The van der Waals surface area contributed by atoms with E-state index in [0.717, 1.165) is 6.42 Å². The summed E-state index contributed by atoms with van der Waals surface area (Å²) >= 11 is 0. The van der Waals surface area contributed by atoms with Crippen molar-refractivity contribution < 1.29 is 0 Å². The van der Waals surface area contributed by atoms with E-state index in [1.165, 1.54) is 0 Å². The van der Waals surface area contributed by atoms with Crippen LogP contribution in [-0.4, -0.2) is 9.97 Å². The van der Waals surface area contributed by atoms with Crippen molar-refractivity contribution in [3.8, 4) is 0 Å². The molecule has 0 bridgehead atoms. The van der Waals surface area contributed by atoms with Gasteiger partial charge in [0.15, 0.2) is 0 Å². The van der Waals surface area contributed by atoms with Crippen LogP contribution in [-0.2, 0) is 5.54 Å². The van der Waals surface area contributed by atoms with E-state index in [2.05, 4.69) is 9.97 Å². The largest absolute Gasteiger partial charge is 0.384 e. The van der Waals surface area contributed by atoms with Crippen LogP contribution in [0.4, 0.5) is 5.82 Å². The Morgan fingerprint density at radius 1 is 1.58 bits per heavy atom. The van der Waals surface area contributed by atoms with Crippen molar-refractivity contribution in [1.29, 1.82) is 0 Å². The third-order valence-corrected chi connectivity index (χ3v) is 1.92. The van der Waals surface area contributed by atoms with Crippen LogP contribution in [0.25, 0.3) is 0 Å². The molecule has 4 heteroatoms. The summed E-state index contributed by atoms with van der Waals surface area (Å²) in [5.41, 5.74) is 11.0. The molecule has 0 aromatic carbocycles. The summed E-state index contributed by atoms with van der Waals surface area (Å²) in [5, 5.41) is 0. The number of anilines is 1. The molecule has 12 heavy (non-hydrogen) atoms. The molecule has 1 heterocycles. The Labute approximate surface area is 72.0 Å². The van der Waals surface area contributed by atoms with Crippen molar-refractivity contribution in [2.45, 2.75) is 25.8 Å². The highest BCUT2D eigenvalue weighted by molar-refractivity contribution is 5.26. The lowest BCUT2D eigenvalue weighted by molar-refractivity contribution is 0.446. The number of nitrogens with zero attached hydrogens (tertiary/aromatic N) is 2. The smallest absolute Gasteiger partial charge is 0.150 e. The Morgan fingerprint density at radius 2 is 2.25 bits per heavy atom. The predicted molar refractivity (Wildman–Crippen MR) is 48.3 cm³/mol.